The molecule has 0 N–H and O–H groups in total. The highest BCUT2D eigenvalue weighted by molar-refractivity contribution is 7.13. The Bertz CT molecular complexity index is 569. The second-order valence-electron chi connectivity index (χ2n) is 4.70. The molecule has 0 aliphatic heterocycles. The summed E-state index contributed by atoms with van der Waals surface area (Å²) >= 11 is 1.65. The predicted molar refractivity (Wildman–Crippen MR) is 85.1 cm³/mol. The maximum Gasteiger partial charge on any atom is 0.306 e. The molecule has 0 aliphatic carbocycles. The molecule has 1 heterocycles. The van der Waals surface area contributed by atoms with Gasteiger partial charge in [0.1, 0.15) is 5.01 Å². The van der Waals surface area contributed by atoms with Crippen molar-refractivity contribution < 1.29 is 9.53 Å². The Morgan fingerprint density at radius 1 is 1.33 bits per heavy atom. The average Bonchev–Trinajstić information content (AvgIpc) is 3.00. The molecule has 0 atom stereocenters. The Balaban J connectivity index is 1.96. The molecule has 4 nitrogen and oxygen atoms in total. The van der Waals surface area contributed by atoms with Crippen LogP contribution in [0.3, 0.4) is 0 Å². The normalized spacial score (nSPS) is 10.8. The molecule has 0 unspecified atom stereocenters. The van der Waals surface area contributed by atoms with Crippen molar-refractivity contribution in [1.29, 1.82) is 0 Å². The summed E-state index contributed by atoms with van der Waals surface area (Å²) in [7, 11) is 1.42. The van der Waals surface area contributed by atoms with Gasteiger partial charge in [0, 0.05) is 24.0 Å². The molecule has 112 valence electrons. The van der Waals surface area contributed by atoms with Gasteiger partial charge in [0.25, 0.3) is 0 Å². The number of nitrogens with zero attached hydrogens (tertiary/aromatic N) is 2. The Morgan fingerprint density at radius 3 is 2.76 bits per heavy atom. The molecular formula is C16H20N2O2S. The van der Waals surface area contributed by atoms with E-state index in [9.17, 15) is 4.79 Å². The first kappa shape index (κ1) is 15.7. The van der Waals surface area contributed by atoms with E-state index >= 15 is 0 Å². The summed E-state index contributed by atoms with van der Waals surface area (Å²) in [5, 5.41) is 3.12. The average molecular weight is 304 g/mol. The topological polar surface area (TPSA) is 42.4 Å². The molecule has 1 aromatic carbocycles. The summed E-state index contributed by atoms with van der Waals surface area (Å²) in [5.41, 5.74) is 2.19. The number of aromatic nitrogens is 1. The van der Waals surface area contributed by atoms with Gasteiger partial charge in [-0.1, -0.05) is 37.3 Å². The first-order chi connectivity index (χ1) is 10.2. The monoisotopic (exact) mass is 304 g/mol. The highest BCUT2D eigenvalue weighted by Crippen LogP contribution is 2.23. The zero-order valence-electron chi connectivity index (χ0n) is 12.4. The smallest absolute Gasteiger partial charge is 0.306 e. The van der Waals surface area contributed by atoms with Crippen molar-refractivity contribution in [2.75, 3.05) is 20.2 Å². The summed E-state index contributed by atoms with van der Waals surface area (Å²) in [6.07, 6.45) is 0.417. The van der Waals surface area contributed by atoms with Gasteiger partial charge < -0.3 is 4.74 Å². The van der Waals surface area contributed by atoms with Gasteiger partial charge in [-0.15, -0.1) is 11.3 Å². The van der Waals surface area contributed by atoms with Gasteiger partial charge in [-0.2, -0.15) is 0 Å². The lowest BCUT2D eigenvalue weighted by molar-refractivity contribution is -0.141. The number of hydrogen-bond acceptors (Lipinski definition) is 5. The lowest BCUT2D eigenvalue weighted by Gasteiger charge is -2.18. The van der Waals surface area contributed by atoms with Crippen molar-refractivity contribution in [2.45, 2.75) is 19.9 Å². The maximum absolute atomic E-state index is 11.2. The molecule has 21 heavy (non-hydrogen) atoms. The van der Waals surface area contributed by atoms with E-state index in [1.54, 1.807) is 11.3 Å². The SMILES string of the molecule is CCN(CCC(=O)OC)Cc1csc(-c2ccccc2)n1. The van der Waals surface area contributed by atoms with Gasteiger partial charge in [0.15, 0.2) is 0 Å². The number of rotatable bonds is 7. The van der Waals surface area contributed by atoms with Gasteiger partial charge in [0.2, 0.25) is 0 Å². The molecular weight excluding hydrogens is 284 g/mol. The summed E-state index contributed by atoms with van der Waals surface area (Å²) in [6, 6.07) is 10.2. The fourth-order valence-electron chi connectivity index (χ4n) is 2.02. The summed E-state index contributed by atoms with van der Waals surface area (Å²) in [5.74, 6) is -0.170. The van der Waals surface area contributed by atoms with Crippen LogP contribution in [-0.2, 0) is 16.1 Å². The van der Waals surface area contributed by atoms with Gasteiger partial charge in [-0.05, 0) is 6.54 Å². The minimum Gasteiger partial charge on any atom is -0.469 e. The fraction of sp³-hybridized carbons (Fsp3) is 0.375. The minimum absolute atomic E-state index is 0.170. The van der Waals surface area contributed by atoms with Gasteiger partial charge >= 0.3 is 5.97 Å². The molecule has 0 spiro atoms. The minimum atomic E-state index is -0.170. The van der Waals surface area contributed by atoms with Crippen LogP contribution in [0, 0.1) is 0 Å². The van der Waals surface area contributed by atoms with Crippen molar-refractivity contribution in [2.24, 2.45) is 0 Å². The molecule has 2 aromatic rings. The third kappa shape index (κ3) is 4.65. The molecule has 0 saturated carbocycles. The number of ether oxygens (including phenoxy) is 1. The molecule has 0 fully saturated rings. The van der Waals surface area contributed by atoms with Gasteiger partial charge in [-0.3, -0.25) is 9.69 Å². The number of carbonyl (C=O) groups excluding carboxylic acids is 1. The van der Waals surface area contributed by atoms with E-state index in [0.29, 0.717) is 13.0 Å². The molecule has 2 rings (SSSR count). The van der Waals surface area contributed by atoms with Crippen molar-refractivity contribution in [3.05, 3.63) is 41.4 Å². The Hall–Kier alpha value is -1.72. The highest BCUT2D eigenvalue weighted by Gasteiger charge is 2.10. The molecule has 0 aliphatic rings. The highest BCUT2D eigenvalue weighted by atomic mass is 32.1. The largest absolute Gasteiger partial charge is 0.469 e. The zero-order valence-corrected chi connectivity index (χ0v) is 13.2. The van der Waals surface area contributed by atoms with Crippen molar-refractivity contribution >= 4 is 17.3 Å². The van der Waals surface area contributed by atoms with Crippen LogP contribution in [0.4, 0.5) is 0 Å². The first-order valence-corrected chi connectivity index (χ1v) is 7.90. The van der Waals surface area contributed by atoms with Crippen LogP contribution in [-0.4, -0.2) is 36.1 Å². The van der Waals surface area contributed by atoms with E-state index in [1.807, 2.05) is 18.2 Å². The van der Waals surface area contributed by atoms with Crippen LogP contribution >= 0.6 is 11.3 Å². The maximum atomic E-state index is 11.2. The van der Waals surface area contributed by atoms with Crippen molar-refractivity contribution in [1.82, 2.24) is 9.88 Å². The number of hydrogen-bond donors (Lipinski definition) is 0. The van der Waals surface area contributed by atoms with Crippen LogP contribution in [0.15, 0.2) is 35.7 Å². The molecule has 0 radical (unpaired) electrons. The quantitative estimate of drug-likeness (QED) is 0.737. The van der Waals surface area contributed by atoms with E-state index in [1.165, 1.54) is 7.11 Å². The van der Waals surface area contributed by atoms with E-state index < -0.39 is 0 Å². The second kappa shape index (κ2) is 7.90. The van der Waals surface area contributed by atoms with Gasteiger partial charge in [-0.25, -0.2) is 4.98 Å². The van der Waals surface area contributed by atoms with E-state index in [-0.39, 0.29) is 5.97 Å². The Labute approximate surface area is 129 Å². The van der Waals surface area contributed by atoms with Crippen molar-refractivity contribution in [3.8, 4) is 10.6 Å². The summed E-state index contributed by atoms with van der Waals surface area (Å²) in [4.78, 5) is 18.1. The zero-order chi connectivity index (χ0) is 15.1. The van der Waals surface area contributed by atoms with E-state index in [0.717, 1.165) is 29.4 Å². The molecule has 0 bridgehead atoms. The summed E-state index contributed by atoms with van der Waals surface area (Å²) in [6.45, 7) is 4.43. The fourth-order valence-corrected chi connectivity index (χ4v) is 2.84. The number of esters is 1. The number of benzene rings is 1. The summed E-state index contributed by atoms with van der Waals surface area (Å²) < 4.78 is 4.68. The second-order valence-corrected chi connectivity index (χ2v) is 5.56. The van der Waals surface area contributed by atoms with Crippen LogP contribution in [0.5, 0.6) is 0 Å². The third-order valence-corrected chi connectivity index (χ3v) is 4.21. The van der Waals surface area contributed by atoms with E-state index in [4.69, 9.17) is 0 Å². The third-order valence-electron chi connectivity index (χ3n) is 3.27. The Kier molecular flexibility index (Phi) is 5.90. The first-order valence-electron chi connectivity index (χ1n) is 7.02. The number of carbonyl (C=O) groups is 1. The number of thiazole rings is 1. The lowest BCUT2D eigenvalue weighted by Crippen LogP contribution is -2.26. The standard InChI is InChI=1S/C16H20N2O2S/c1-3-18(10-9-15(19)20-2)11-14-12-21-16(17-14)13-7-5-4-6-8-13/h4-8,12H,3,9-11H2,1-2H3. The van der Waals surface area contributed by atoms with Crippen LogP contribution in [0.25, 0.3) is 10.6 Å². The Morgan fingerprint density at radius 2 is 2.10 bits per heavy atom. The van der Waals surface area contributed by atoms with Crippen LogP contribution in [0.1, 0.15) is 19.0 Å². The van der Waals surface area contributed by atoms with Gasteiger partial charge in [0.05, 0.1) is 19.2 Å². The molecule has 5 heteroatoms. The molecule has 0 amide bonds. The lowest BCUT2D eigenvalue weighted by atomic mass is 10.2. The van der Waals surface area contributed by atoms with Crippen molar-refractivity contribution in [3.63, 3.8) is 0 Å². The predicted octanol–water partition coefficient (Wildman–Crippen LogP) is 3.20. The van der Waals surface area contributed by atoms with E-state index in [2.05, 4.69) is 39.1 Å². The number of methoxy groups -OCH3 is 1. The molecule has 0 saturated heterocycles. The van der Waals surface area contributed by atoms with Crippen LogP contribution < -0.4 is 0 Å². The molecule has 1 aromatic heterocycles. The van der Waals surface area contributed by atoms with Crippen LogP contribution in [0.2, 0.25) is 0 Å².